The summed E-state index contributed by atoms with van der Waals surface area (Å²) in [6, 6.07) is 20.5. The van der Waals surface area contributed by atoms with Crippen LogP contribution in [0.5, 0.6) is 11.5 Å². The first-order valence-electron chi connectivity index (χ1n) is 20.4. The van der Waals surface area contributed by atoms with E-state index in [2.05, 4.69) is 88.4 Å². The number of ether oxygens (including phenoxy) is 2. The molecule has 3 aromatic rings. The largest absolute Gasteiger partial charge is 0.493 e. The lowest BCUT2D eigenvalue weighted by atomic mass is 10.00. The molecule has 8 nitrogen and oxygen atoms in total. The van der Waals surface area contributed by atoms with E-state index < -0.39 is 0 Å². The Morgan fingerprint density at radius 3 is 1.17 bits per heavy atom. The van der Waals surface area contributed by atoms with Gasteiger partial charge in [0.15, 0.2) is 0 Å². The Morgan fingerprint density at radius 2 is 0.870 bits per heavy atom. The normalized spacial score (nSPS) is 12.7. The lowest BCUT2D eigenvalue weighted by Crippen LogP contribution is -2.29. The highest BCUT2D eigenvalue weighted by Crippen LogP contribution is 2.34. The van der Waals surface area contributed by atoms with Gasteiger partial charge in [0.1, 0.15) is 11.5 Å². The molecule has 0 fully saturated rings. The Kier molecular flexibility index (Phi) is 21.5. The molecule has 0 spiro atoms. The molecule has 0 heterocycles. The second kappa shape index (κ2) is 26.1. The molecule has 0 bridgehead atoms. The fourth-order valence-corrected chi connectivity index (χ4v) is 6.50. The number of unbranched alkanes of at least 4 members (excludes halogenated alkanes) is 2. The molecule has 3 aromatic carbocycles. The van der Waals surface area contributed by atoms with Crippen LogP contribution in [0.15, 0.2) is 60.7 Å². The molecule has 298 valence electrons. The molecular weight excluding hydrogens is 677 g/mol. The zero-order valence-electron chi connectivity index (χ0n) is 33.5. The molecule has 0 saturated carbocycles. The van der Waals surface area contributed by atoms with Crippen molar-refractivity contribution in [1.82, 2.24) is 0 Å². The molecule has 54 heavy (non-hydrogen) atoms. The second-order valence-corrected chi connectivity index (χ2v) is 14.1. The van der Waals surface area contributed by atoms with Crippen molar-refractivity contribution in [3.05, 3.63) is 82.9 Å². The molecular formula is C46H68N2O6. The monoisotopic (exact) mass is 745 g/mol. The Balaban J connectivity index is 2.03. The first kappa shape index (κ1) is 44.6. The van der Waals surface area contributed by atoms with Crippen LogP contribution in [0.4, 0.5) is 11.4 Å². The molecule has 0 radical (unpaired) electrons. The number of hydrogen-bond acceptors (Lipinski definition) is 8. The predicted molar refractivity (Wildman–Crippen MR) is 228 cm³/mol. The quantitative estimate of drug-likeness (QED) is 0.0547. The topological polar surface area (TPSA) is 106 Å². The summed E-state index contributed by atoms with van der Waals surface area (Å²) >= 11 is 0. The maximum atomic E-state index is 9.49. The first-order chi connectivity index (χ1) is 26.4. The molecule has 2 unspecified atom stereocenters. The van der Waals surface area contributed by atoms with Gasteiger partial charge in [0.2, 0.25) is 0 Å². The number of rotatable bonds is 28. The van der Waals surface area contributed by atoms with Crippen molar-refractivity contribution in [2.45, 2.75) is 79.1 Å². The van der Waals surface area contributed by atoms with Gasteiger partial charge < -0.3 is 39.7 Å². The van der Waals surface area contributed by atoms with E-state index in [0.717, 1.165) is 70.8 Å². The van der Waals surface area contributed by atoms with Crippen LogP contribution >= 0.6 is 0 Å². The van der Waals surface area contributed by atoms with Crippen molar-refractivity contribution in [2.24, 2.45) is 11.8 Å². The summed E-state index contributed by atoms with van der Waals surface area (Å²) in [5.41, 5.74) is 5.89. The van der Waals surface area contributed by atoms with Gasteiger partial charge in [0, 0.05) is 48.7 Å². The summed E-state index contributed by atoms with van der Waals surface area (Å²) in [7, 11) is 0. The van der Waals surface area contributed by atoms with Crippen molar-refractivity contribution in [1.29, 1.82) is 0 Å². The smallest absolute Gasteiger partial charge is 0.127 e. The van der Waals surface area contributed by atoms with Crippen LogP contribution in [0.25, 0.3) is 24.3 Å². The number of aliphatic hydroxyl groups excluding tert-OH is 4. The standard InChI is InChI=1S/C46H68N2O6/c1-5-9-11-37(7-3)35-53-45-33-42(20-14-40-17-23-44(24-18-40)48(27-31-51)28-32-52)46(54-36-38(8-4)12-10-6-2)34-41(45)19-13-39-15-21-43(22-16-39)47(25-29-49)26-30-50/h13-24,33-34,37-38,49-52H,5-12,25-32,35-36H2,1-4H3/b19-13+,20-14+. The summed E-state index contributed by atoms with van der Waals surface area (Å²) in [4.78, 5) is 3.94. The van der Waals surface area contributed by atoms with Crippen LogP contribution < -0.4 is 19.3 Å². The summed E-state index contributed by atoms with van der Waals surface area (Å²) in [6.07, 6.45) is 17.5. The molecule has 0 saturated heterocycles. The summed E-state index contributed by atoms with van der Waals surface area (Å²) in [5, 5.41) is 38.0. The van der Waals surface area contributed by atoms with E-state index in [9.17, 15) is 20.4 Å². The van der Waals surface area contributed by atoms with Gasteiger partial charge in [-0.3, -0.25) is 0 Å². The lowest BCUT2D eigenvalue weighted by molar-refractivity contribution is 0.227. The van der Waals surface area contributed by atoms with E-state index in [4.69, 9.17) is 9.47 Å². The van der Waals surface area contributed by atoms with E-state index in [1.165, 1.54) is 25.7 Å². The van der Waals surface area contributed by atoms with E-state index in [1.54, 1.807) is 0 Å². The minimum Gasteiger partial charge on any atom is -0.493 e. The summed E-state index contributed by atoms with van der Waals surface area (Å²) in [5.74, 6) is 2.59. The molecule has 0 aliphatic carbocycles. The molecule has 0 amide bonds. The highest BCUT2D eigenvalue weighted by atomic mass is 16.5. The Labute approximate surface area is 325 Å². The van der Waals surface area contributed by atoms with Gasteiger partial charge in [0.25, 0.3) is 0 Å². The van der Waals surface area contributed by atoms with Gasteiger partial charge in [-0.05, 0) is 72.2 Å². The van der Waals surface area contributed by atoms with Crippen LogP contribution in [0.2, 0.25) is 0 Å². The average molecular weight is 745 g/mol. The Morgan fingerprint density at radius 1 is 0.519 bits per heavy atom. The number of nitrogens with zero attached hydrogens (tertiary/aromatic N) is 2. The zero-order chi connectivity index (χ0) is 39.0. The van der Waals surface area contributed by atoms with Crippen molar-refractivity contribution in [3.8, 4) is 11.5 Å². The van der Waals surface area contributed by atoms with Crippen molar-refractivity contribution in [3.63, 3.8) is 0 Å². The van der Waals surface area contributed by atoms with E-state index in [-0.39, 0.29) is 26.4 Å². The summed E-state index contributed by atoms with van der Waals surface area (Å²) in [6.45, 7) is 12.2. The number of hydrogen-bond donors (Lipinski definition) is 4. The number of benzene rings is 3. The molecule has 8 heteroatoms. The van der Waals surface area contributed by atoms with Gasteiger partial charge in [-0.25, -0.2) is 0 Å². The van der Waals surface area contributed by atoms with Crippen molar-refractivity contribution < 1.29 is 29.9 Å². The zero-order valence-corrected chi connectivity index (χ0v) is 33.5. The molecule has 4 N–H and O–H groups in total. The number of anilines is 2. The van der Waals surface area contributed by atoms with Crippen molar-refractivity contribution in [2.75, 3.05) is 75.6 Å². The molecule has 3 rings (SSSR count). The van der Waals surface area contributed by atoms with Gasteiger partial charge in [0.05, 0.1) is 39.6 Å². The van der Waals surface area contributed by atoms with Gasteiger partial charge in [-0.1, -0.05) is 115 Å². The highest BCUT2D eigenvalue weighted by Gasteiger charge is 2.15. The van der Waals surface area contributed by atoms with E-state index in [0.29, 0.717) is 51.2 Å². The third-order valence-corrected chi connectivity index (χ3v) is 10.1. The highest BCUT2D eigenvalue weighted by molar-refractivity contribution is 5.79. The van der Waals surface area contributed by atoms with Crippen LogP contribution in [-0.2, 0) is 0 Å². The van der Waals surface area contributed by atoms with Gasteiger partial charge in [-0.15, -0.1) is 0 Å². The molecule has 0 aliphatic heterocycles. The first-order valence-corrected chi connectivity index (χ1v) is 20.4. The molecule has 0 aromatic heterocycles. The van der Waals surface area contributed by atoms with Gasteiger partial charge in [-0.2, -0.15) is 0 Å². The molecule has 2 atom stereocenters. The fourth-order valence-electron chi connectivity index (χ4n) is 6.50. The Bertz CT molecular complexity index is 1370. The summed E-state index contributed by atoms with van der Waals surface area (Å²) < 4.78 is 13.3. The molecule has 0 aliphatic rings. The fraction of sp³-hybridized carbons (Fsp3) is 0.522. The van der Waals surface area contributed by atoms with Crippen molar-refractivity contribution >= 4 is 35.7 Å². The average Bonchev–Trinajstić information content (AvgIpc) is 3.20. The van der Waals surface area contributed by atoms with E-state index in [1.807, 2.05) is 34.1 Å². The maximum absolute atomic E-state index is 9.49. The minimum absolute atomic E-state index is 0.0246. The van der Waals surface area contributed by atoms with Crippen LogP contribution in [0, 0.1) is 11.8 Å². The SMILES string of the molecule is CCCCC(CC)COc1cc(/C=C/c2ccc(N(CCO)CCO)cc2)c(OCC(CC)CCCC)cc1/C=C/c1ccc(N(CCO)CCO)cc1. The van der Waals surface area contributed by atoms with Gasteiger partial charge >= 0.3 is 0 Å². The van der Waals surface area contributed by atoms with Crippen LogP contribution in [0.3, 0.4) is 0 Å². The maximum Gasteiger partial charge on any atom is 0.127 e. The Hall–Kier alpha value is -3.82. The second-order valence-electron chi connectivity index (χ2n) is 14.1. The third-order valence-electron chi connectivity index (χ3n) is 10.1. The number of aliphatic hydroxyl groups is 4. The third kappa shape index (κ3) is 15.1. The lowest BCUT2D eigenvalue weighted by Gasteiger charge is -2.23. The minimum atomic E-state index is 0.0246. The van der Waals surface area contributed by atoms with Crippen LogP contribution in [0.1, 0.15) is 101 Å². The predicted octanol–water partition coefficient (Wildman–Crippen LogP) is 8.80. The van der Waals surface area contributed by atoms with Crippen LogP contribution in [-0.4, -0.2) is 86.2 Å². The van der Waals surface area contributed by atoms with E-state index >= 15 is 0 Å².